The van der Waals surface area contributed by atoms with E-state index in [1.807, 2.05) is 35.3 Å². The van der Waals surface area contributed by atoms with Gasteiger partial charge in [0, 0.05) is 17.2 Å². The highest BCUT2D eigenvalue weighted by Crippen LogP contribution is 2.30. The average Bonchev–Trinajstić information content (AvgIpc) is 2.57. The van der Waals surface area contributed by atoms with Crippen LogP contribution in [0.1, 0.15) is 37.7 Å². The van der Waals surface area contributed by atoms with E-state index in [0.717, 1.165) is 17.2 Å². The number of benzene rings is 1. The molecule has 0 radical (unpaired) electrons. The van der Waals surface area contributed by atoms with Crippen molar-refractivity contribution in [2.24, 2.45) is 5.92 Å². The molecule has 132 valence electrons. The van der Waals surface area contributed by atoms with Gasteiger partial charge in [-0.05, 0) is 36.5 Å². The van der Waals surface area contributed by atoms with Crippen molar-refractivity contribution in [2.75, 3.05) is 12.3 Å². The third kappa shape index (κ3) is 6.59. The third-order valence-electron chi connectivity index (χ3n) is 4.02. The Hall–Kier alpha value is -1.43. The van der Waals surface area contributed by atoms with Crippen LogP contribution in [0.3, 0.4) is 0 Å². The second-order valence-electron chi connectivity index (χ2n) is 6.00. The minimum absolute atomic E-state index is 0.141. The summed E-state index contributed by atoms with van der Waals surface area (Å²) in [6.45, 7) is -0.141. The standard InChI is InChI=1S/C18H22F3NOS/c19-18(20,21)17(23)22-11-5-9-14-8-4-10-16(12-14)24-13-15-6-2-1-3-7-15/h4-5,8-10,12,15H,1-3,6-7,11,13H2,(H,22,23). The normalized spacial score (nSPS) is 16.5. The zero-order valence-corrected chi connectivity index (χ0v) is 14.3. The lowest BCUT2D eigenvalue weighted by Gasteiger charge is -2.20. The zero-order valence-electron chi connectivity index (χ0n) is 13.4. The number of hydrogen-bond acceptors (Lipinski definition) is 2. The minimum atomic E-state index is -4.83. The zero-order chi connectivity index (χ0) is 17.4. The van der Waals surface area contributed by atoms with Crippen LogP contribution in [0.4, 0.5) is 13.2 Å². The van der Waals surface area contributed by atoms with Crippen LogP contribution in [0.25, 0.3) is 6.08 Å². The molecule has 1 aromatic carbocycles. The summed E-state index contributed by atoms with van der Waals surface area (Å²) in [6.07, 6.45) is 5.05. The van der Waals surface area contributed by atoms with Gasteiger partial charge in [0.05, 0.1) is 0 Å². The highest BCUT2D eigenvalue weighted by atomic mass is 32.2. The summed E-state index contributed by atoms with van der Waals surface area (Å²) >= 11 is 1.84. The van der Waals surface area contributed by atoms with Crippen LogP contribution in [0.15, 0.2) is 35.2 Å². The first-order valence-electron chi connectivity index (χ1n) is 8.19. The summed E-state index contributed by atoms with van der Waals surface area (Å²) in [5.74, 6) is -0.00101. The second kappa shape index (κ2) is 9.16. The number of thioether (sulfide) groups is 1. The van der Waals surface area contributed by atoms with Gasteiger partial charge in [-0.2, -0.15) is 13.2 Å². The first-order valence-corrected chi connectivity index (χ1v) is 9.18. The lowest BCUT2D eigenvalue weighted by Crippen LogP contribution is -2.36. The molecule has 0 spiro atoms. The van der Waals surface area contributed by atoms with Crippen LogP contribution >= 0.6 is 11.8 Å². The van der Waals surface area contributed by atoms with Crippen molar-refractivity contribution in [3.63, 3.8) is 0 Å². The monoisotopic (exact) mass is 357 g/mol. The largest absolute Gasteiger partial charge is 0.471 e. The van der Waals surface area contributed by atoms with Gasteiger partial charge in [-0.15, -0.1) is 11.8 Å². The van der Waals surface area contributed by atoms with Crippen molar-refractivity contribution < 1.29 is 18.0 Å². The van der Waals surface area contributed by atoms with Gasteiger partial charge in [-0.3, -0.25) is 4.79 Å². The molecule has 1 N–H and O–H groups in total. The maximum Gasteiger partial charge on any atom is 0.471 e. The Morgan fingerprint density at radius 1 is 1.25 bits per heavy atom. The highest BCUT2D eigenvalue weighted by Gasteiger charge is 2.37. The van der Waals surface area contributed by atoms with Crippen molar-refractivity contribution in [3.8, 4) is 0 Å². The molecule has 1 saturated carbocycles. The molecule has 0 aliphatic heterocycles. The van der Waals surface area contributed by atoms with Crippen LogP contribution in [0.2, 0.25) is 0 Å². The fourth-order valence-corrected chi connectivity index (χ4v) is 3.88. The van der Waals surface area contributed by atoms with E-state index in [4.69, 9.17) is 0 Å². The van der Waals surface area contributed by atoms with Crippen molar-refractivity contribution >= 4 is 23.7 Å². The number of nitrogens with one attached hydrogen (secondary N) is 1. The topological polar surface area (TPSA) is 29.1 Å². The van der Waals surface area contributed by atoms with Gasteiger partial charge in [0.2, 0.25) is 0 Å². The maximum atomic E-state index is 12.1. The smallest absolute Gasteiger partial charge is 0.345 e. The summed E-state index contributed by atoms with van der Waals surface area (Å²) in [5.41, 5.74) is 0.921. The lowest BCUT2D eigenvalue weighted by molar-refractivity contribution is -0.173. The molecule has 1 amide bonds. The maximum absolute atomic E-state index is 12.1. The minimum Gasteiger partial charge on any atom is -0.345 e. The number of alkyl halides is 3. The molecule has 0 unspecified atom stereocenters. The van der Waals surface area contributed by atoms with Crippen molar-refractivity contribution in [3.05, 3.63) is 35.9 Å². The van der Waals surface area contributed by atoms with Crippen LogP contribution < -0.4 is 5.32 Å². The SMILES string of the molecule is O=C(NCC=Cc1cccc(SCC2CCCCC2)c1)C(F)(F)F. The van der Waals surface area contributed by atoms with Crippen molar-refractivity contribution in [1.82, 2.24) is 5.32 Å². The summed E-state index contributed by atoms with van der Waals surface area (Å²) in [7, 11) is 0. The van der Waals surface area contributed by atoms with E-state index in [1.54, 1.807) is 6.08 Å². The van der Waals surface area contributed by atoms with E-state index in [9.17, 15) is 18.0 Å². The number of halogens is 3. The number of carbonyl (C=O) groups is 1. The van der Waals surface area contributed by atoms with Crippen LogP contribution in [0.5, 0.6) is 0 Å². The van der Waals surface area contributed by atoms with E-state index in [-0.39, 0.29) is 6.54 Å². The highest BCUT2D eigenvalue weighted by molar-refractivity contribution is 7.99. The summed E-state index contributed by atoms with van der Waals surface area (Å²) < 4.78 is 36.2. The van der Waals surface area contributed by atoms with Crippen molar-refractivity contribution in [2.45, 2.75) is 43.2 Å². The molecule has 1 aliphatic carbocycles. The van der Waals surface area contributed by atoms with E-state index in [0.29, 0.717) is 0 Å². The molecular formula is C18H22F3NOS. The molecule has 0 saturated heterocycles. The lowest BCUT2D eigenvalue weighted by atomic mass is 9.91. The van der Waals surface area contributed by atoms with Gasteiger partial charge in [-0.25, -0.2) is 0 Å². The second-order valence-corrected chi connectivity index (χ2v) is 7.09. The van der Waals surface area contributed by atoms with Gasteiger partial charge in [0.1, 0.15) is 0 Å². The first-order chi connectivity index (χ1) is 11.4. The summed E-state index contributed by atoms with van der Waals surface area (Å²) in [4.78, 5) is 11.9. The van der Waals surface area contributed by atoms with Crippen LogP contribution in [0, 0.1) is 5.92 Å². The van der Waals surface area contributed by atoms with Gasteiger partial charge in [0.25, 0.3) is 0 Å². The Bertz CT molecular complexity index is 566. The Kier molecular flexibility index (Phi) is 7.21. The quantitative estimate of drug-likeness (QED) is 0.722. The predicted octanol–water partition coefficient (Wildman–Crippen LogP) is 5.05. The molecule has 0 heterocycles. The summed E-state index contributed by atoms with van der Waals surface area (Å²) in [6, 6.07) is 7.91. The molecule has 0 bridgehead atoms. The first kappa shape index (κ1) is 18.9. The van der Waals surface area contributed by atoms with Gasteiger partial charge < -0.3 is 5.32 Å². The average molecular weight is 357 g/mol. The number of carbonyl (C=O) groups excluding carboxylic acids is 1. The molecule has 2 rings (SSSR count). The van der Waals surface area contributed by atoms with Crippen LogP contribution in [-0.2, 0) is 4.79 Å². The van der Waals surface area contributed by atoms with E-state index in [2.05, 4.69) is 6.07 Å². The van der Waals surface area contributed by atoms with Gasteiger partial charge in [0.15, 0.2) is 0 Å². The molecular weight excluding hydrogens is 335 g/mol. The molecule has 2 nitrogen and oxygen atoms in total. The Labute approximate surface area is 144 Å². The molecule has 0 atom stereocenters. The molecule has 1 fully saturated rings. The number of hydrogen-bond donors (Lipinski definition) is 1. The Morgan fingerprint density at radius 2 is 2.00 bits per heavy atom. The third-order valence-corrected chi connectivity index (χ3v) is 5.24. The van der Waals surface area contributed by atoms with E-state index >= 15 is 0 Å². The summed E-state index contributed by atoms with van der Waals surface area (Å²) in [5, 5.41) is 1.82. The van der Waals surface area contributed by atoms with Gasteiger partial charge in [-0.1, -0.05) is 43.5 Å². The molecule has 0 aromatic heterocycles. The number of amides is 1. The van der Waals surface area contributed by atoms with Crippen molar-refractivity contribution in [1.29, 1.82) is 0 Å². The Morgan fingerprint density at radius 3 is 2.71 bits per heavy atom. The molecule has 1 aliphatic rings. The number of rotatable bonds is 6. The predicted molar refractivity (Wildman–Crippen MR) is 91.8 cm³/mol. The van der Waals surface area contributed by atoms with E-state index < -0.39 is 12.1 Å². The van der Waals surface area contributed by atoms with Gasteiger partial charge >= 0.3 is 12.1 Å². The fraction of sp³-hybridized carbons (Fsp3) is 0.500. The van der Waals surface area contributed by atoms with Crippen LogP contribution in [-0.4, -0.2) is 24.4 Å². The Balaban J connectivity index is 1.79. The molecule has 24 heavy (non-hydrogen) atoms. The van der Waals surface area contributed by atoms with E-state index in [1.165, 1.54) is 43.1 Å². The fourth-order valence-electron chi connectivity index (χ4n) is 2.72. The molecule has 1 aromatic rings. The molecule has 6 heteroatoms.